The molecule has 22 heavy (non-hydrogen) atoms. The Labute approximate surface area is 128 Å². The lowest BCUT2D eigenvalue weighted by molar-refractivity contribution is 0.410. The Balaban J connectivity index is 2.00. The lowest BCUT2D eigenvalue weighted by Gasteiger charge is -2.08. The van der Waals surface area contributed by atoms with Crippen LogP contribution < -0.4 is 4.74 Å². The number of hydrogen-bond acceptors (Lipinski definition) is 5. The molecule has 114 valence electrons. The average molecular weight is 317 g/mol. The Morgan fingerprint density at radius 3 is 2.73 bits per heavy atom. The van der Waals surface area contributed by atoms with Crippen molar-refractivity contribution < 1.29 is 13.2 Å². The van der Waals surface area contributed by atoms with E-state index in [-0.39, 0.29) is 10.9 Å². The minimum atomic E-state index is -3.61. The Kier molecular flexibility index (Phi) is 3.58. The van der Waals surface area contributed by atoms with E-state index < -0.39 is 9.84 Å². The predicted octanol–water partition coefficient (Wildman–Crippen LogP) is 2.25. The number of aromatic nitrogens is 3. The first-order valence-corrected chi connectivity index (χ1v) is 8.32. The van der Waals surface area contributed by atoms with Crippen molar-refractivity contribution in [3.8, 4) is 5.75 Å². The topological polar surface area (TPSA) is 84.9 Å². The highest BCUT2D eigenvalue weighted by Crippen LogP contribution is 2.23. The van der Waals surface area contributed by atoms with Gasteiger partial charge in [0.1, 0.15) is 11.5 Å². The van der Waals surface area contributed by atoms with Crippen molar-refractivity contribution in [1.29, 1.82) is 0 Å². The number of methoxy groups -OCH3 is 1. The summed E-state index contributed by atoms with van der Waals surface area (Å²) in [7, 11) is -2.07. The fourth-order valence-corrected chi connectivity index (χ4v) is 3.54. The van der Waals surface area contributed by atoms with Crippen LogP contribution >= 0.6 is 0 Å². The highest BCUT2D eigenvalue weighted by Gasteiger charge is 2.22. The van der Waals surface area contributed by atoms with Crippen LogP contribution in [0.3, 0.4) is 0 Å². The number of para-hydroxylation sites is 2. The van der Waals surface area contributed by atoms with Crippen molar-refractivity contribution in [2.24, 2.45) is 0 Å². The summed E-state index contributed by atoms with van der Waals surface area (Å²) in [4.78, 5) is 11.1. The van der Waals surface area contributed by atoms with Gasteiger partial charge in [0.15, 0.2) is 0 Å². The van der Waals surface area contributed by atoms with Crippen LogP contribution in [0.1, 0.15) is 11.3 Å². The predicted molar refractivity (Wildman–Crippen MR) is 82.5 cm³/mol. The molecule has 0 spiro atoms. The van der Waals surface area contributed by atoms with Gasteiger partial charge in [0, 0.05) is 11.8 Å². The molecule has 3 rings (SSSR count). The summed E-state index contributed by atoms with van der Waals surface area (Å²) in [5.74, 6) is 0.389. The fourth-order valence-electron chi connectivity index (χ4n) is 2.25. The maximum absolute atomic E-state index is 12.5. The van der Waals surface area contributed by atoms with E-state index in [4.69, 9.17) is 4.74 Å². The summed E-state index contributed by atoms with van der Waals surface area (Å²) in [6.45, 7) is 1.79. The minimum Gasteiger partial charge on any atom is -0.496 e. The van der Waals surface area contributed by atoms with E-state index in [0.29, 0.717) is 28.0 Å². The van der Waals surface area contributed by atoms with Gasteiger partial charge >= 0.3 is 0 Å². The zero-order valence-electron chi connectivity index (χ0n) is 12.2. The van der Waals surface area contributed by atoms with E-state index in [0.717, 1.165) is 0 Å². The molecule has 1 aromatic carbocycles. The molecule has 0 amide bonds. The van der Waals surface area contributed by atoms with E-state index in [2.05, 4.69) is 15.0 Å². The number of hydrogen-bond donors (Lipinski definition) is 1. The quantitative estimate of drug-likeness (QED) is 0.797. The van der Waals surface area contributed by atoms with Crippen molar-refractivity contribution in [1.82, 2.24) is 15.0 Å². The van der Waals surface area contributed by atoms with Crippen molar-refractivity contribution in [3.63, 3.8) is 0 Å². The van der Waals surface area contributed by atoms with E-state index in [1.165, 1.54) is 6.20 Å². The number of imidazole rings is 1. The maximum atomic E-state index is 12.5. The molecule has 0 fully saturated rings. The molecular weight excluding hydrogens is 302 g/mol. The number of aromatic amines is 1. The molecule has 0 radical (unpaired) electrons. The molecular formula is C15H15N3O3S. The van der Waals surface area contributed by atoms with E-state index in [1.54, 1.807) is 32.2 Å². The molecule has 0 aliphatic rings. The molecule has 0 aliphatic heterocycles. The van der Waals surface area contributed by atoms with Gasteiger partial charge in [0.2, 0.25) is 15.0 Å². The third kappa shape index (κ3) is 2.55. The molecule has 3 aromatic rings. The van der Waals surface area contributed by atoms with Gasteiger partial charge in [0.25, 0.3) is 0 Å². The molecule has 2 heterocycles. The van der Waals surface area contributed by atoms with Crippen LogP contribution in [0.2, 0.25) is 0 Å². The summed E-state index contributed by atoms with van der Waals surface area (Å²) < 4.78 is 30.3. The van der Waals surface area contributed by atoms with Crippen LogP contribution in [-0.4, -0.2) is 30.5 Å². The van der Waals surface area contributed by atoms with Crippen molar-refractivity contribution >= 4 is 20.9 Å². The van der Waals surface area contributed by atoms with E-state index >= 15 is 0 Å². The van der Waals surface area contributed by atoms with Gasteiger partial charge < -0.3 is 9.72 Å². The SMILES string of the molecule is COc1ccnc(CS(=O)(=O)c2nc3ccccc3[nH]2)c1C. The van der Waals surface area contributed by atoms with Gasteiger partial charge in [-0.1, -0.05) is 12.1 Å². The Morgan fingerprint density at radius 1 is 1.23 bits per heavy atom. The lowest BCUT2D eigenvalue weighted by atomic mass is 10.2. The standard InChI is InChI=1S/C15H15N3O3S/c1-10-13(16-8-7-14(10)21-2)9-22(19,20)15-17-11-5-3-4-6-12(11)18-15/h3-8H,9H2,1-2H3,(H,17,18). The van der Waals surface area contributed by atoms with Gasteiger partial charge in [-0.2, -0.15) is 0 Å². The van der Waals surface area contributed by atoms with Crippen LogP contribution in [0.4, 0.5) is 0 Å². The van der Waals surface area contributed by atoms with Crippen molar-refractivity contribution in [2.45, 2.75) is 17.8 Å². The van der Waals surface area contributed by atoms with Gasteiger partial charge in [-0.05, 0) is 25.1 Å². The number of rotatable bonds is 4. The number of H-pyrrole nitrogens is 1. The largest absolute Gasteiger partial charge is 0.496 e. The second-order valence-electron chi connectivity index (χ2n) is 4.90. The molecule has 0 aliphatic carbocycles. The number of nitrogens with one attached hydrogen (secondary N) is 1. The summed E-state index contributed by atoms with van der Waals surface area (Å²) in [6.07, 6.45) is 1.54. The molecule has 0 saturated carbocycles. The van der Waals surface area contributed by atoms with Crippen molar-refractivity contribution in [3.05, 3.63) is 47.8 Å². The zero-order valence-corrected chi connectivity index (χ0v) is 13.0. The second-order valence-corrected chi connectivity index (χ2v) is 6.81. The molecule has 7 heteroatoms. The molecule has 6 nitrogen and oxygen atoms in total. The third-order valence-electron chi connectivity index (χ3n) is 3.47. The Morgan fingerprint density at radius 2 is 2.00 bits per heavy atom. The highest BCUT2D eigenvalue weighted by molar-refractivity contribution is 7.90. The number of sulfone groups is 1. The molecule has 1 N–H and O–H groups in total. The summed E-state index contributed by atoms with van der Waals surface area (Å²) in [6, 6.07) is 8.89. The second kappa shape index (κ2) is 5.42. The number of pyridine rings is 1. The first kappa shape index (κ1) is 14.5. The molecule has 0 unspecified atom stereocenters. The highest BCUT2D eigenvalue weighted by atomic mass is 32.2. The molecule has 0 saturated heterocycles. The molecule has 0 bridgehead atoms. The normalized spacial score (nSPS) is 11.7. The minimum absolute atomic E-state index is 0.0438. The fraction of sp³-hybridized carbons (Fsp3) is 0.200. The van der Waals surface area contributed by atoms with Gasteiger partial charge in [0.05, 0.1) is 23.8 Å². The number of benzene rings is 1. The number of nitrogens with zero attached hydrogens (tertiary/aromatic N) is 2. The summed E-state index contributed by atoms with van der Waals surface area (Å²) >= 11 is 0. The number of fused-ring (bicyclic) bond motifs is 1. The van der Waals surface area contributed by atoms with Crippen LogP contribution in [0.15, 0.2) is 41.7 Å². The van der Waals surface area contributed by atoms with Crippen LogP contribution in [0.5, 0.6) is 5.75 Å². The smallest absolute Gasteiger partial charge is 0.226 e. The maximum Gasteiger partial charge on any atom is 0.226 e. The monoisotopic (exact) mass is 317 g/mol. The third-order valence-corrected chi connectivity index (χ3v) is 4.90. The van der Waals surface area contributed by atoms with Crippen LogP contribution in [0, 0.1) is 6.92 Å². The summed E-state index contributed by atoms with van der Waals surface area (Å²) in [5, 5.41) is -0.0438. The van der Waals surface area contributed by atoms with Gasteiger partial charge in [-0.25, -0.2) is 13.4 Å². The zero-order chi connectivity index (χ0) is 15.7. The van der Waals surface area contributed by atoms with E-state index in [9.17, 15) is 8.42 Å². The van der Waals surface area contributed by atoms with E-state index in [1.807, 2.05) is 12.1 Å². The molecule has 0 atom stereocenters. The summed E-state index contributed by atoms with van der Waals surface area (Å²) in [5.41, 5.74) is 2.48. The average Bonchev–Trinajstić information content (AvgIpc) is 2.94. The lowest BCUT2D eigenvalue weighted by Crippen LogP contribution is -2.10. The first-order chi connectivity index (χ1) is 10.5. The first-order valence-electron chi connectivity index (χ1n) is 6.67. The van der Waals surface area contributed by atoms with Gasteiger partial charge in [-0.15, -0.1) is 0 Å². The van der Waals surface area contributed by atoms with Crippen LogP contribution in [0.25, 0.3) is 11.0 Å². The van der Waals surface area contributed by atoms with Crippen LogP contribution in [-0.2, 0) is 15.6 Å². The molecule has 2 aromatic heterocycles. The number of ether oxygens (including phenoxy) is 1. The Bertz CT molecular complexity index is 899. The Hall–Kier alpha value is -2.41. The van der Waals surface area contributed by atoms with Crippen molar-refractivity contribution in [2.75, 3.05) is 7.11 Å². The van der Waals surface area contributed by atoms with Gasteiger partial charge in [-0.3, -0.25) is 4.98 Å².